The van der Waals surface area contributed by atoms with Crippen LogP contribution < -0.4 is 10.1 Å². The number of hydrogen-bond donors (Lipinski definition) is 1. The first-order valence-electron chi connectivity index (χ1n) is 8.91. The Bertz CT molecular complexity index is 1060. The number of nitro benzene ring substituents is 1. The number of benzene rings is 2. The number of nitrogens with zero attached hydrogens (tertiary/aromatic N) is 2. The number of rotatable bonds is 4. The Morgan fingerprint density at radius 2 is 2.07 bits per heavy atom. The summed E-state index contributed by atoms with van der Waals surface area (Å²) in [6.07, 6.45) is 0. The van der Waals surface area contributed by atoms with Crippen molar-refractivity contribution in [2.75, 3.05) is 26.7 Å². The molecule has 1 atom stereocenters. The molecule has 2 aromatic carbocycles. The van der Waals surface area contributed by atoms with Crippen molar-refractivity contribution >= 4 is 45.4 Å². The summed E-state index contributed by atoms with van der Waals surface area (Å²) in [5.41, 5.74) is 0.987. The van der Waals surface area contributed by atoms with Gasteiger partial charge in [-0.05, 0) is 18.2 Å². The van der Waals surface area contributed by atoms with Crippen molar-refractivity contribution in [2.24, 2.45) is 0 Å². The number of thiophene rings is 1. The van der Waals surface area contributed by atoms with Crippen molar-refractivity contribution in [1.29, 1.82) is 0 Å². The van der Waals surface area contributed by atoms with Crippen LogP contribution in [0.4, 0.5) is 5.69 Å². The number of carbonyl (C=O) groups is 1. The molecule has 0 aliphatic carbocycles. The van der Waals surface area contributed by atoms with Gasteiger partial charge in [-0.3, -0.25) is 14.9 Å². The maximum absolute atomic E-state index is 13.3. The molecule has 1 N–H and O–H groups in total. The highest BCUT2D eigenvalue weighted by Crippen LogP contribution is 2.34. The Hall–Kier alpha value is -2.68. The first-order valence-corrected chi connectivity index (χ1v) is 9.72. The third-order valence-electron chi connectivity index (χ3n) is 4.92. The molecule has 1 amide bonds. The average Bonchev–Trinajstić information content (AvgIpc) is 3.16. The molecule has 1 fully saturated rings. The fourth-order valence-corrected chi connectivity index (χ4v) is 4.56. The molecule has 1 aliphatic rings. The van der Waals surface area contributed by atoms with Gasteiger partial charge in [0.2, 0.25) is 0 Å². The molecule has 7 nitrogen and oxygen atoms in total. The monoisotopic (exact) mass is 433 g/mol. The zero-order chi connectivity index (χ0) is 19.7. The standard InChI is InChI=1S/C20H19N3O4S.ClH/c1-27-17-5-3-2-4-15(17)16-12-21-8-9-22(16)20(24)19-11-13-10-14(23(25)26)6-7-18(13)28-19;/h2-7,10-11,16,21H,8-9,12H2,1H3;1H. The molecule has 1 aromatic heterocycles. The Labute approximate surface area is 177 Å². The van der Waals surface area contributed by atoms with Crippen LogP contribution in [0.15, 0.2) is 48.5 Å². The van der Waals surface area contributed by atoms with E-state index in [0.29, 0.717) is 29.9 Å². The first-order chi connectivity index (χ1) is 13.6. The molecule has 1 aliphatic heterocycles. The van der Waals surface area contributed by atoms with E-state index in [0.717, 1.165) is 16.0 Å². The number of methoxy groups -OCH3 is 1. The number of hydrogen-bond acceptors (Lipinski definition) is 6. The minimum absolute atomic E-state index is 0. The van der Waals surface area contributed by atoms with E-state index in [2.05, 4.69) is 5.32 Å². The van der Waals surface area contributed by atoms with Gasteiger partial charge >= 0.3 is 0 Å². The molecule has 2 heterocycles. The SMILES string of the molecule is COc1ccccc1C1CNCCN1C(=O)c1cc2cc([N+](=O)[O-])ccc2s1.Cl. The van der Waals surface area contributed by atoms with E-state index in [9.17, 15) is 14.9 Å². The Balaban J connectivity index is 0.00000240. The van der Waals surface area contributed by atoms with E-state index >= 15 is 0 Å². The molecule has 1 saturated heterocycles. The van der Waals surface area contributed by atoms with Gasteiger partial charge in [0.15, 0.2) is 0 Å². The number of non-ortho nitro benzene ring substituents is 1. The topological polar surface area (TPSA) is 84.7 Å². The van der Waals surface area contributed by atoms with Gasteiger partial charge in [-0.2, -0.15) is 0 Å². The fourth-order valence-electron chi connectivity index (χ4n) is 3.56. The highest BCUT2D eigenvalue weighted by atomic mass is 35.5. The molecule has 9 heteroatoms. The van der Waals surface area contributed by atoms with Gasteiger partial charge in [0.05, 0.1) is 23.0 Å². The van der Waals surface area contributed by atoms with E-state index in [1.54, 1.807) is 19.2 Å². The molecule has 29 heavy (non-hydrogen) atoms. The lowest BCUT2D eigenvalue weighted by molar-refractivity contribution is -0.384. The summed E-state index contributed by atoms with van der Waals surface area (Å²) in [5.74, 6) is 0.683. The number of para-hydroxylation sites is 1. The predicted octanol–water partition coefficient (Wildman–Crippen LogP) is 4.03. The summed E-state index contributed by atoms with van der Waals surface area (Å²) in [4.78, 5) is 26.3. The minimum atomic E-state index is -0.424. The lowest BCUT2D eigenvalue weighted by atomic mass is 10.0. The van der Waals surface area contributed by atoms with Crippen LogP contribution in [-0.4, -0.2) is 42.5 Å². The van der Waals surface area contributed by atoms with E-state index in [-0.39, 0.29) is 30.0 Å². The number of fused-ring (bicyclic) bond motifs is 1. The van der Waals surface area contributed by atoms with Crippen LogP contribution in [0, 0.1) is 10.1 Å². The number of halogens is 1. The van der Waals surface area contributed by atoms with Gasteiger partial charge in [0, 0.05) is 47.4 Å². The third kappa shape index (κ3) is 4.05. The summed E-state index contributed by atoms with van der Waals surface area (Å²) in [5, 5.41) is 15.1. The lowest BCUT2D eigenvalue weighted by Crippen LogP contribution is -2.48. The molecule has 152 valence electrons. The van der Waals surface area contributed by atoms with Crippen LogP contribution in [0.2, 0.25) is 0 Å². The fraction of sp³-hybridized carbons (Fsp3) is 0.250. The lowest BCUT2D eigenvalue weighted by Gasteiger charge is -2.36. The van der Waals surface area contributed by atoms with Crippen molar-refractivity contribution < 1.29 is 14.5 Å². The van der Waals surface area contributed by atoms with Gasteiger partial charge < -0.3 is 15.0 Å². The molecule has 0 bridgehead atoms. The summed E-state index contributed by atoms with van der Waals surface area (Å²) in [6.45, 7) is 1.94. The number of carbonyl (C=O) groups excluding carboxylic acids is 1. The van der Waals surface area contributed by atoms with Gasteiger partial charge in [0.1, 0.15) is 5.75 Å². The maximum atomic E-state index is 13.3. The van der Waals surface area contributed by atoms with Gasteiger partial charge in [-0.1, -0.05) is 18.2 Å². The Morgan fingerprint density at radius 3 is 2.83 bits per heavy atom. The van der Waals surface area contributed by atoms with Crippen LogP contribution in [0.5, 0.6) is 5.75 Å². The normalized spacial score (nSPS) is 16.3. The number of amides is 1. The van der Waals surface area contributed by atoms with Crippen molar-refractivity contribution in [3.8, 4) is 5.75 Å². The number of ether oxygens (including phenoxy) is 1. The number of piperazine rings is 1. The van der Waals surface area contributed by atoms with Crippen LogP contribution in [0.3, 0.4) is 0 Å². The number of nitrogens with one attached hydrogen (secondary N) is 1. The molecular weight excluding hydrogens is 414 g/mol. The van der Waals surface area contributed by atoms with Crippen LogP contribution >= 0.6 is 23.7 Å². The minimum Gasteiger partial charge on any atom is -0.496 e. The van der Waals surface area contributed by atoms with E-state index < -0.39 is 4.92 Å². The highest BCUT2D eigenvalue weighted by Gasteiger charge is 2.31. The smallest absolute Gasteiger partial charge is 0.270 e. The highest BCUT2D eigenvalue weighted by molar-refractivity contribution is 7.20. The zero-order valence-corrected chi connectivity index (χ0v) is 17.3. The van der Waals surface area contributed by atoms with Gasteiger partial charge in [-0.25, -0.2) is 0 Å². The van der Waals surface area contributed by atoms with Crippen molar-refractivity contribution in [2.45, 2.75) is 6.04 Å². The van der Waals surface area contributed by atoms with Crippen LogP contribution in [0.1, 0.15) is 21.3 Å². The van der Waals surface area contributed by atoms with Crippen molar-refractivity contribution in [1.82, 2.24) is 10.2 Å². The molecule has 0 radical (unpaired) electrons. The first kappa shape index (κ1) is 21.0. The average molecular weight is 434 g/mol. The quantitative estimate of drug-likeness (QED) is 0.496. The summed E-state index contributed by atoms with van der Waals surface area (Å²) < 4.78 is 6.35. The maximum Gasteiger partial charge on any atom is 0.270 e. The Morgan fingerprint density at radius 1 is 1.28 bits per heavy atom. The predicted molar refractivity (Wildman–Crippen MR) is 115 cm³/mol. The molecule has 0 saturated carbocycles. The molecular formula is C20H20ClN3O4S. The van der Waals surface area contributed by atoms with E-state index in [1.807, 2.05) is 29.2 Å². The summed E-state index contributed by atoms with van der Waals surface area (Å²) in [7, 11) is 1.63. The molecule has 3 aromatic rings. The second-order valence-corrected chi connectivity index (χ2v) is 7.63. The second-order valence-electron chi connectivity index (χ2n) is 6.55. The van der Waals surface area contributed by atoms with Crippen LogP contribution in [-0.2, 0) is 0 Å². The third-order valence-corrected chi connectivity index (χ3v) is 6.03. The van der Waals surface area contributed by atoms with E-state index in [1.165, 1.54) is 23.5 Å². The summed E-state index contributed by atoms with van der Waals surface area (Å²) in [6, 6.07) is 14.0. The Kier molecular flexibility index (Phi) is 6.36. The van der Waals surface area contributed by atoms with Crippen LogP contribution in [0.25, 0.3) is 10.1 Å². The molecule has 0 spiro atoms. The zero-order valence-electron chi connectivity index (χ0n) is 15.7. The van der Waals surface area contributed by atoms with Gasteiger partial charge in [-0.15, -0.1) is 23.7 Å². The van der Waals surface area contributed by atoms with Crippen molar-refractivity contribution in [3.63, 3.8) is 0 Å². The van der Waals surface area contributed by atoms with E-state index in [4.69, 9.17) is 4.74 Å². The largest absolute Gasteiger partial charge is 0.496 e. The van der Waals surface area contributed by atoms with Crippen molar-refractivity contribution in [3.05, 3.63) is 69.1 Å². The second kappa shape index (κ2) is 8.77. The molecule has 4 rings (SSSR count). The number of nitro groups is 1. The summed E-state index contributed by atoms with van der Waals surface area (Å²) >= 11 is 1.36. The van der Waals surface area contributed by atoms with Gasteiger partial charge in [0.25, 0.3) is 11.6 Å². The molecule has 1 unspecified atom stereocenters.